The van der Waals surface area contributed by atoms with E-state index >= 15 is 0 Å². The molecule has 2 rings (SSSR count). The van der Waals surface area contributed by atoms with Crippen LogP contribution in [0.1, 0.15) is 0 Å². The highest BCUT2D eigenvalue weighted by Crippen LogP contribution is 2.20. The highest BCUT2D eigenvalue weighted by molar-refractivity contribution is 9.10. The molecular formula is C9H7BBrN. The molecule has 0 spiro atoms. The van der Waals surface area contributed by atoms with Gasteiger partial charge in [-0.25, -0.2) is 0 Å². The van der Waals surface area contributed by atoms with E-state index in [1.54, 1.807) is 0 Å². The lowest BCUT2D eigenvalue weighted by atomic mass is 10.0. The minimum Gasteiger partial charge on any atom is -0.264 e. The first-order valence-electron chi connectivity index (χ1n) is 3.79. The van der Waals surface area contributed by atoms with Crippen LogP contribution in [0.2, 0.25) is 0 Å². The number of hydrogen-bond donors (Lipinski definition) is 0. The zero-order chi connectivity index (χ0) is 8.55. The minimum absolute atomic E-state index is 1.05. The lowest BCUT2D eigenvalue weighted by Gasteiger charge is -1.99. The molecule has 0 N–H and O–H groups in total. The number of halogens is 1. The molecule has 0 aliphatic rings. The van der Waals surface area contributed by atoms with Crippen molar-refractivity contribution in [1.82, 2.24) is 4.98 Å². The predicted octanol–water partition coefficient (Wildman–Crippen LogP) is 1.26. The smallest absolute Gasteiger partial charge is 0.163 e. The molecule has 3 heteroatoms. The third kappa shape index (κ3) is 1.25. The maximum absolute atomic E-state index is 4.41. The fourth-order valence-corrected chi connectivity index (χ4v) is 1.71. The molecule has 0 saturated carbocycles. The molecule has 0 radical (unpaired) electrons. The lowest BCUT2D eigenvalue weighted by molar-refractivity contribution is 1.47. The molecule has 0 bridgehead atoms. The normalized spacial score (nSPS) is 10.4. The van der Waals surface area contributed by atoms with Gasteiger partial charge in [0.25, 0.3) is 0 Å². The number of fused-ring (bicyclic) bond motifs is 1. The van der Waals surface area contributed by atoms with Gasteiger partial charge < -0.3 is 0 Å². The summed E-state index contributed by atoms with van der Waals surface area (Å²) in [7, 11) is 2.00. The maximum atomic E-state index is 4.41. The number of aromatic nitrogens is 1. The van der Waals surface area contributed by atoms with Crippen molar-refractivity contribution in [2.75, 3.05) is 0 Å². The van der Waals surface area contributed by atoms with Crippen molar-refractivity contribution >= 4 is 40.3 Å². The molecule has 0 aliphatic carbocycles. The first-order chi connectivity index (χ1) is 5.77. The molecule has 1 aromatic carbocycles. The average Bonchev–Trinajstić information content (AvgIpc) is 2.04. The van der Waals surface area contributed by atoms with E-state index in [1.165, 1.54) is 5.39 Å². The zero-order valence-electron chi connectivity index (χ0n) is 6.71. The first-order valence-corrected chi connectivity index (χ1v) is 4.58. The third-order valence-corrected chi connectivity index (χ3v) is 2.51. The van der Waals surface area contributed by atoms with Crippen molar-refractivity contribution in [3.8, 4) is 0 Å². The standard InChI is InChI=1S/C9H7BBrN/c10-9-5-4-6-7(11)2-1-3-8(6)12-9/h1-5H,10H2. The van der Waals surface area contributed by atoms with Gasteiger partial charge in [-0.3, -0.25) is 4.98 Å². The zero-order valence-corrected chi connectivity index (χ0v) is 8.30. The second kappa shape index (κ2) is 2.90. The van der Waals surface area contributed by atoms with Crippen LogP contribution in [-0.2, 0) is 0 Å². The molecule has 1 aromatic heterocycles. The van der Waals surface area contributed by atoms with Crippen LogP contribution >= 0.6 is 15.9 Å². The van der Waals surface area contributed by atoms with Gasteiger partial charge in [-0.15, -0.1) is 0 Å². The number of pyridine rings is 1. The monoisotopic (exact) mass is 219 g/mol. The molecule has 1 heterocycles. The second-order valence-electron chi connectivity index (χ2n) is 2.76. The molecular weight excluding hydrogens is 213 g/mol. The lowest BCUT2D eigenvalue weighted by Crippen LogP contribution is -2.06. The Morgan fingerprint density at radius 3 is 2.83 bits per heavy atom. The van der Waals surface area contributed by atoms with Crippen LogP contribution in [-0.4, -0.2) is 12.8 Å². The Balaban J connectivity index is 2.86. The Morgan fingerprint density at radius 1 is 1.17 bits per heavy atom. The van der Waals surface area contributed by atoms with Gasteiger partial charge in [0.2, 0.25) is 0 Å². The van der Waals surface area contributed by atoms with Gasteiger partial charge >= 0.3 is 0 Å². The molecule has 1 nitrogen and oxygen atoms in total. The van der Waals surface area contributed by atoms with Gasteiger partial charge in [-0.05, 0) is 17.7 Å². The Bertz CT molecular complexity index is 428. The number of benzene rings is 1. The van der Waals surface area contributed by atoms with Crippen LogP contribution in [0.3, 0.4) is 0 Å². The van der Waals surface area contributed by atoms with E-state index in [1.807, 2.05) is 32.1 Å². The maximum Gasteiger partial charge on any atom is 0.163 e. The largest absolute Gasteiger partial charge is 0.264 e. The van der Waals surface area contributed by atoms with Gasteiger partial charge in [-0.2, -0.15) is 0 Å². The van der Waals surface area contributed by atoms with Crippen LogP contribution in [0.4, 0.5) is 0 Å². The van der Waals surface area contributed by atoms with Crippen LogP contribution in [0.15, 0.2) is 34.8 Å². The summed E-state index contributed by atoms with van der Waals surface area (Å²) in [6.45, 7) is 0. The van der Waals surface area contributed by atoms with E-state index in [2.05, 4.69) is 27.0 Å². The molecule has 0 fully saturated rings. The topological polar surface area (TPSA) is 12.9 Å². The summed E-state index contributed by atoms with van der Waals surface area (Å²) >= 11 is 3.48. The molecule has 58 valence electrons. The van der Waals surface area contributed by atoms with Crippen LogP contribution in [0, 0.1) is 0 Å². The summed E-state index contributed by atoms with van der Waals surface area (Å²) in [6.07, 6.45) is 0. The molecule has 0 atom stereocenters. The van der Waals surface area contributed by atoms with Crippen molar-refractivity contribution < 1.29 is 0 Å². The van der Waals surface area contributed by atoms with Gasteiger partial charge in [0.05, 0.1) is 5.52 Å². The molecule has 2 aromatic rings. The number of rotatable bonds is 0. The summed E-state index contributed by atoms with van der Waals surface area (Å²) in [6, 6.07) is 10.2. The Hall–Kier alpha value is -0.825. The first kappa shape index (κ1) is 7.81. The van der Waals surface area contributed by atoms with Crippen LogP contribution < -0.4 is 5.59 Å². The van der Waals surface area contributed by atoms with Crippen LogP contribution in [0.5, 0.6) is 0 Å². The fourth-order valence-electron chi connectivity index (χ4n) is 1.22. The van der Waals surface area contributed by atoms with Gasteiger partial charge in [0.15, 0.2) is 7.85 Å². The average molecular weight is 220 g/mol. The van der Waals surface area contributed by atoms with E-state index in [0.29, 0.717) is 0 Å². The highest BCUT2D eigenvalue weighted by atomic mass is 79.9. The summed E-state index contributed by atoms with van der Waals surface area (Å²) in [5, 5.41) is 1.17. The van der Waals surface area contributed by atoms with Crippen molar-refractivity contribution in [1.29, 1.82) is 0 Å². The SMILES string of the molecule is Bc1ccc2c(Br)cccc2n1. The summed E-state index contributed by atoms with van der Waals surface area (Å²) in [4.78, 5) is 4.41. The second-order valence-corrected chi connectivity index (χ2v) is 3.61. The van der Waals surface area contributed by atoms with Crippen molar-refractivity contribution in [2.24, 2.45) is 0 Å². The Kier molecular flexibility index (Phi) is 1.89. The van der Waals surface area contributed by atoms with Gasteiger partial charge in [0.1, 0.15) is 0 Å². The molecule has 0 aliphatic heterocycles. The molecule has 0 unspecified atom stereocenters. The molecule has 0 amide bonds. The Morgan fingerprint density at radius 2 is 2.00 bits per heavy atom. The van der Waals surface area contributed by atoms with E-state index in [-0.39, 0.29) is 0 Å². The van der Waals surface area contributed by atoms with Crippen molar-refractivity contribution in [3.05, 3.63) is 34.8 Å². The number of hydrogen-bond acceptors (Lipinski definition) is 1. The third-order valence-electron chi connectivity index (χ3n) is 1.82. The predicted molar refractivity (Wildman–Crippen MR) is 57.6 cm³/mol. The Labute approximate surface area is 80.4 Å². The van der Waals surface area contributed by atoms with Crippen molar-refractivity contribution in [2.45, 2.75) is 0 Å². The molecule has 12 heavy (non-hydrogen) atoms. The summed E-state index contributed by atoms with van der Waals surface area (Å²) < 4.78 is 1.10. The highest BCUT2D eigenvalue weighted by Gasteiger charge is 1.97. The van der Waals surface area contributed by atoms with E-state index in [9.17, 15) is 0 Å². The summed E-state index contributed by atoms with van der Waals surface area (Å²) in [5.74, 6) is 0. The number of nitrogens with zero attached hydrogens (tertiary/aromatic N) is 1. The minimum atomic E-state index is 1.05. The van der Waals surface area contributed by atoms with E-state index in [0.717, 1.165) is 15.6 Å². The van der Waals surface area contributed by atoms with Crippen molar-refractivity contribution in [3.63, 3.8) is 0 Å². The van der Waals surface area contributed by atoms with Crippen LogP contribution in [0.25, 0.3) is 10.9 Å². The van der Waals surface area contributed by atoms with Gasteiger partial charge in [0, 0.05) is 9.86 Å². The van der Waals surface area contributed by atoms with E-state index < -0.39 is 0 Å². The quantitative estimate of drug-likeness (QED) is 0.609. The molecule has 0 saturated heterocycles. The summed E-state index contributed by atoms with van der Waals surface area (Å²) in [5.41, 5.74) is 2.10. The van der Waals surface area contributed by atoms with E-state index in [4.69, 9.17) is 0 Å². The fraction of sp³-hybridized carbons (Fsp3) is 0. The van der Waals surface area contributed by atoms with Gasteiger partial charge in [-0.1, -0.05) is 34.1 Å².